The van der Waals surface area contributed by atoms with Crippen LogP contribution in [0.25, 0.3) is 5.95 Å². The van der Waals surface area contributed by atoms with Crippen LogP contribution in [0.15, 0.2) is 17.4 Å². The van der Waals surface area contributed by atoms with Crippen LogP contribution in [0.2, 0.25) is 0 Å². The van der Waals surface area contributed by atoms with Gasteiger partial charge >= 0.3 is 5.97 Å². The van der Waals surface area contributed by atoms with Gasteiger partial charge in [0.2, 0.25) is 11.8 Å². The van der Waals surface area contributed by atoms with E-state index in [0.717, 1.165) is 0 Å². The molecule has 0 atom stereocenters. The lowest BCUT2D eigenvalue weighted by molar-refractivity contribution is 0.0526. The molecule has 0 N–H and O–H groups in total. The quantitative estimate of drug-likeness (QED) is 0.785. The molecule has 2 aromatic rings. The number of carbonyl (C=O) groups is 1. The van der Waals surface area contributed by atoms with Crippen molar-refractivity contribution in [3.8, 4) is 11.8 Å². The zero-order chi connectivity index (χ0) is 15.7. The highest BCUT2D eigenvalue weighted by Crippen LogP contribution is 2.26. The minimum Gasteiger partial charge on any atom is -0.481 e. The first-order valence-electron chi connectivity index (χ1n) is 6.51. The van der Waals surface area contributed by atoms with Crippen molar-refractivity contribution < 1.29 is 18.7 Å². The van der Waals surface area contributed by atoms with Crippen LogP contribution in [0, 0.1) is 0 Å². The molecule has 9 heteroatoms. The van der Waals surface area contributed by atoms with Gasteiger partial charge in [0.1, 0.15) is 5.69 Å². The van der Waals surface area contributed by atoms with Crippen LogP contribution in [0.5, 0.6) is 5.88 Å². The summed E-state index contributed by atoms with van der Waals surface area (Å²) in [6.45, 7) is 2.10. The first-order valence-corrected chi connectivity index (χ1v) is 6.51. The first kappa shape index (κ1) is 14.1. The van der Waals surface area contributed by atoms with Crippen LogP contribution in [-0.4, -0.2) is 45.4 Å². The van der Waals surface area contributed by atoms with Gasteiger partial charge in [-0.05, 0) is 6.92 Å². The van der Waals surface area contributed by atoms with E-state index in [1.54, 1.807) is 6.92 Å². The SMILES string of the molecule is CCOC(=O)c1cnn(-c2nc(OC)c3c(n2)C(F)=NC3)c1. The predicted octanol–water partition coefficient (Wildman–Crippen LogP) is 1.08. The standard InChI is InChI=1S/C13H12FN5O3/c1-3-22-12(20)7-4-16-19(6-7)13-17-9-8(5-15-10(9)14)11(18-13)21-2/h4,6H,3,5H2,1-2H3. The highest BCUT2D eigenvalue weighted by Gasteiger charge is 2.25. The number of aromatic nitrogens is 4. The Morgan fingerprint density at radius 1 is 1.45 bits per heavy atom. The fourth-order valence-electron chi connectivity index (χ4n) is 2.01. The van der Waals surface area contributed by atoms with Crippen molar-refractivity contribution in [3.63, 3.8) is 0 Å². The zero-order valence-electron chi connectivity index (χ0n) is 11.9. The van der Waals surface area contributed by atoms with Crippen molar-refractivity contribution in [2.24, 2.45) is 4.99 Å². The molecule has 3 rings (SSSR count). The Morgan fingerprint density at radius 3 is 3.00 bits per heavy atom. The summed E-state index contributed by atoms with van der Waals surface area (Å²) >= 11 is 0. The topological polar surface area (TPSA) is 91.5 Å². The monoisotopic (exact) mass is 305 g/mol. The van der Waals surface area contributed by atoms with E-state index >= 15 is 0 Å². The van der Waals surface area contributed by atoms with Gasteiger partial charge in [-0.2, -0.15) is 14.5 Å². The number of carbonyl (C=O) groups excluding carboxylic acids is 1. The zero-order valence-corrected chi connectivity index (χ0v) is 11.9. The van der Waals surface area contributed by atoms with E-state index in [1.807, 2.05) is 0 Å². The molecule has 1 aliphatic heterocycles. The summed E-state index contributed by atoms with van der Waals surface area (Å²) in [7, 11) is 1.43. The van der Waals surface area contributed by atoms with Crippen LogP contribution >= 0.6 is 0 Å². The number of halogens is 1. The molecular formula is C13H12FN5O3. The van der Waals surface area contributed by atoms with Crippen molar-refractivity contribution in [1.82, 2.24) is 19.7 Å². The van der Waals surface area contributed by atoms with Crippen molar-refractivity contribution in [2.75, 3.05) is 13.7 Å². The average Bonchev–Trinajstić information content (AvgIpc) is 3.14. The summed E-state index contributed by atoms with van der Waals surface area (Å²) in [6, 6.07) is 0. The van der Waals surface area contributed by atoms with Crippen molar-refractivity contribution >= 4 is 11.9 Å². The Balaban J connectivity index is 2.01. The van der Waals surface area contributed by atoms with Gasteiger partial charge in [-0.15, -0.1) is 0 Å². The maximum absolute atomic E-state index is 13.7. The molecule has 8 nitrogen and oxygen atoms in total. The van der Waals surface area contributed by atoms with Gasteiger partial charge in [-0.3, -0.25) is 4.99 Å². The Bertz CT molecular complexity index is 771. The number of rotatable bonds is 4. The average molecular weight is 305 g/mol. The van der Waals surface area contributed by atoms with Crippen molar-refractivity contribution in [2.45, 2.75) is 13.5 Å². The minimum atomic E-state index is -0.672. The number of hydrogen-bond donors (Lipinski definition) is 0. The van der Waals surface area contributed by atoms with Crippen molar-refractivity contribution in [1.29, 1.82) is 0 Å². The molecule has 0 saturated carbocycles. The number of methoxy groups -OCH3 is 1. The van der Waals surface area contributed by atoms with Gasteiger partial charge in [0.15, 0.2) is 0 Å². The van der Waals surface area contributed by atoms with Crippen LogP contribution in [-0.2, 0) is 11.3 Å². The van der Waals surface area contributed by atoms with E-state index in [0.29, 0.717) is 5.56 Å². The summed E-state index contributed by atoms with van der Waals surface area (Å²) in [5, 5.41) is 3.99. The maximum atomic E-state index is 13.7. The number of fused-ring (bicyclic) bond motifs is 1. The van der Waals surface area contributed by atoms with E-state index in [-0.39, 0.29) is 36.2 Å². The number of aliphatic imine (C=N–C) groups is 1. The summed E-state index contributed by atoms with van der Waals surface area (Å²) in [4.78, 5) is 23.5. The summed E-state index contributed by atoms with van der Waals surface area (Å²) in [5.41, 5.74) is 0.815. The van der Waals surface area contributed by atoms with E-state index in [2.05, 4.69) is 20.1 Å². The predicted molar refractivity (Wildman–Crippen MR) is 73.0 cm³/mol. The molecule has 0 radical (unpaired) electrons. The summed E-state index contributed by atoms with van der Waals surface area (Å²) in [5.74, 6) is -0.868. The molecule has 0 unspecified atom stereocenters. The second-order valence-electron chi connectivity index (χ2n) is 4.36. The highest BCUT2D eigenvalue weighted by molar-refractivity contribution is 5.95. The van der Waals surface area contributed by atoms with Gasteiger partial charge in [0.05, 0.1) is 37.6 Å². The fourth-order valence-corrected chi connectivity index (χ4v) is 2.01. The number of nitrogens with zero attached hydrogens (tertiary/aromatic N) is 5. The Labute approximate surface area is 124 Å². The second kappa shape index (κ2) is 5.51. The fraction of sp³-hybridized carbons (Fsp3) is 0.308. The van der Waals surface area contributed by atoms with Crippen LogP contribution in [0.4, 0.5) is 4.39 Å². The lowest BCUT2D eigenvalue weighted by Crippen LogP contribution is -2.09. The molecule has 0 spiro atoms. The van der Waals surface area contributed by atoms with E-state index < -0.39 is 11.9 Å². The third-order valence-electron chi connectivity index (χ3n) is 3.02. The molecule has 0 amide bonds. The first-order chi connectivity index (χ1) is 10.6. The molecule has 0 bridgehead atoms. The minimum absolute atomic E-state index is 0.0787. The molecular weight excluding hydrogens is 293 g/mol. The highest BCUT2D eigenvalue weighted by atomic mass is 19.1. The molecule has 0 aliphatic carbocycles. The van der Waals surface area contributed by atoms with Crippen LogP contribution in [0.3, 0.4) is 0 Å². The van der Waals surface area contributed by atoms with Crippen LogP contribution < -0.4 is 4.74 Å². The number of esters is 1. The van der Waals surface area contributed by atoms with Gasteiger partial charge in [-0.25, -0.2) is 14.5 Å². The molecule has 0 saturated heterocycles. The largest absolute Gasteiger partial charge is 0.481 e. The van der Waals surface area contributed by atoms with E-state index in [9.17, 15) is 9.18 Å². The second-order valence-corrected chi connectivity index (χ2v) is 4.36. The normalized spacial score (nSPS) is 12.8. The van der Waals surface area contributed by atoms with Gasteiger partial charge in [-0.1, -0.05) is 0 Å². The lowest BCUT2D eigenvalue weighted by Gasteiger charge is -2.07. The number of ether oxygens (including phenoxy) is 2. The Hall–Kier alpha value is -2.84. The number of hydrogen-bond acceptors (Lipinski definition) is 7. The molecule has 0 aromatic carbocycles. The lowest BCUT2D eigenvalue weighted by atomic mass is 10.2. The molecule has 2 aromatic heterocycles. The third kappa shape index (κ3) is 2.30. The van der Waals surface area contributed by atoms with Gasteiger partial charge in [0, 0.05) is 6.20 Å². The molecule has 1 aliphatic rings. The van der Waals surface area contributed by atoms with E-state index in [4.69, 9.17) is 9.47 Å². The molecule has 22 heavy (non-hydrogen) atoms. The smallest absolute Gasteiger partial charge is 0.341 e. The van der Waals surface area contributed by atoms with Crippen molar-refractivity contribution in [3.05, 3.63) is 29.2 Å². The maximum Gasteiger partial charge on any atom is 0.341 e. The third-order valence-corrected chi connectivity index (χ3v) is 3.02. The molecule has 0 fully saturated rings. The Kier molecular flexibility index (Phi) is 3.53. The van der Waals surface area contributed by atoms with Crippen LogP contribution in [0.1, 0.15) is 28.5 Å². The van der Waals surface area contributed by atoms with Gasteiger partial charge < -0.3 is 9.47 Å². The Morgan fingerprint density at radius 2 is 2.27 bits per heavy atom. The molecule has 3 heterocycles. The summed E-state index contributed by atoms with van der Waals surface area (Å²) in [6.07, 6.45) is 2.73. The van der Waals surface area contributed by atoms with Gasteiger partial charge in [0.25, 0.3) is 5.95 Å². The van der Waals surface area contributed by atoms with E-state index in [1.165, 1.54) is 24.2 Å². The molecule has 114 valence electrons. The summed E-state index contributed by atoms with van der Waals surface area (Å²) < 4.78 is 24.9.